The van der Waals surface area contributed by atoms with Crippen molar-refractivity contribution in [3.05, 3.63) is 63.2 Å². The van der Waals surface area contributed by atoms with Gasteiger partial charge in [-0.05, 0) is 37.6 Å². The monoisotopic (exact) mass is 520 g/mol. The molecular formula is C23H26ClFN6O3S. The number of para-hydroxylation sites is 1. The molecule has 0 atom stereocenters. The number of fused-ring (bicyclic) bond motifs is 1. The molecule has 35 heavy (non-hydrogen) atoms. The van der Waals surface area contributed by atoms with E-state index in [0.29, 0.717) is 31.7 Å². The van der Waals surface area contributed by atoms with Gasteiger partial charge in [0.2, 0.25) is 5.95 Å². The number of nitrogens with zero attached hydrogens (tertiary/aromatic N) is 3. The molecule has 186 valence electrons. The molecule has 4 rings (SSSR count). The molecule has 0 saturated heterocycles. The van der Waals surface area contributed by atoms with Crippen LogP contribution in [-0.4, -0.2) is 53.3 Å². The average Bonchev–Trinajstić information content (AvgIpc) is 2.82. The van der Waals surface area contributed by atoms with Crippen molar-refractivity contribution < 1.29 is 12.8 Å². The lowest BCUT2D eigenvalue weighted by atomic mass is 10.1. The third kappa shape index (κ3) is 5.47. The maximum absolute atomic E-state index is 12.8. The average molecular weight is 521 g/mol. The maximum atomic E-state index is 12.8. The Kier molecular flexibility index (Phi) is 7.39. The standard InChI is InChI=1S/C23H26ClFN6O3S/c1-14(2)35(33,34)20-6-4-3-5-18(20)27-21-16(24)12-26-23(30-21)29-19-11-15-13-31(10-8-25)9-7-17(15)28-22(19)32/h3-6,11-12,14H,7-10,13H2,1-2H3,(H,28,32)(H2,26,27,29,30). The highest BCUT2D eigenvalue weighted by atomic mass is 35.5. The number of hydrogen-bond donors (Lipinski definition) is 3. The fourth-order valence-electron chi connectivity index (χ4n) is 3.80. The van der Waals surface area contributed by atoms with E-state index in [1.54, 1.807) is 38.1 Å². The molecule has 0 bridgehead atoms. The highest BCUT2D eigenvalue weighted by molar-refractivity contribution is 7.92. The summed E-state index contributed by atoms with van der Waals surface area (Å²) < 4.78 is 38.3. The fourth-order valence-corrected chi connectivity index (χ4v) is 5.14. The van der Waals surface area contributed by atoms with E-state index < -0.39 is 21.8 Å². The first kappa shape index (κ1) is 25.1. The van der Waals surface area contributed by atoms with E-state index in [1.807, 2.05) is 4.90 Å². The van der Waals surface area contributed by atoms with E-state index in [2.05, 4.69) is 25.6 Å². The Bertz CT molecular complexity index is 1400. The Morgan fingerprint density at radius 3 is 2.74 bits per heavy atom. The van der Waals surface area contributed by atoms with Gasteiger partial charge < -0.3 is 15.6 Å². The van der Waals surface area contributed by atoms with Gasteiger partial charge in [0.1, 0.15) is 17.4 Å². The second-order valence-electron chi connectivity index (χ2n) is 8.46. The van der Waals surface area contributed by atoms with Gasteiger partial charge in [-0.25, -0.2) is 17.8 Å². The molecule has 0 spiro atoms. The smallest absolute Gasteiger partial charge is 0.271 e. The zero-order valence-corrected chi connectivity index (χ0v) is 20.9. The van der Waals surface area contributed by atoms with Gasteiger partial charge in [0.25, 0.3) is 5.56 Å². The predicted molar refractivity (Wildman–Crippen MR) is 134 cm³/mol. The minimum atomic E-state index is -3.56. The molecule has 3 aromatic rings. The van der Waals surface area contributed by atoms with Gasteiger partial charge >= 0.3 is 0 Å². The summed E-state index contributed by atoms with van der Waals surface area (Å²) in [5.41, 5.74) is 1.96. The van der Waals surface area contributed by atoms with Crippen LogP contribution in [0.3, 0.4) is 0 Å². The Balaban J connectivity index is 1.62. The van der Waals surface area contributed by atoms with Gasteiger partial charge in [0, 0.05) is 31.7 Å². The van der Waals surface area contributed by atoms with Gasteiger partial charge in [-0.1, -0.05) is 23.7 Å². The maximum Gasteiger partial charge on any atom is 0.271 e. The molecule has 1 aliphatic rings. The van der Waals surface area contributed by atoms with Crippen LogP contribution in [0.4, 0.5) is 27.5 Å². The van der Waals surface area contributed by atoms with Crippen molar-refractivity contribution in [3.63, 3.8) is 0 Å². The molecule has 3 N–H and O–H groups in total. The van der Waals surface area contributed by atoms with Crippen LogP contribution < -0.4 is 16.2 Å². The zero-order valence-electron chi connectivity index (χ0n) is 19.3. The van der Waals surface area contributed by atoms with Crippen LogP contribution in [0.5, 0.6) is 0 Å². The quantitative estimate of drug-likeness (QED) is 0.410. The Morgan fingerprint density at radius 2 is 2.00 bits per heavy atom. The van der Waals surface area contributed by atoms with Crippen LogP contribution in [0, 0.1) is 0 Å². The number of anilines is 4. The summed E-state index contributed by atoms with van der Waals surface area (Å²) in [5, 5.41) is 5.46. The molecule has 1 aromatic carbocycles. The highest BCUT2D eigenvalue weighted by Gasteiger charge is 2.23. The molecular weight excluding hydrogens is 495 g/mol. The van der Waals surface area contributed by atoms with E-state index in [1.165, 1.54) is 12.3 Å². The van der Waals surface area contributed by atoms with Crippen molar-refractivity contribution in [2.75, 3.05) is 30.4 Å². The van der Waals surface area contributed by atoms with Crippen LogP contribution >= 0.6 is 11.6 Å². The number of halogens is 2. The van der Waals surface area contributed by atoms with E-state index in [0.717, 1.165) is 11.3 Å². The van der Waals surface area contributed by atoms with Crippen molar-refractivity contribution in [2.24, 2.45) is 0 Å². The lowest BCUT2D eigenvalue weighted by molar-refractivity contribution is 0.229. The van der Waals surface area contributed by atoms with Crippen LogP contribution in [0.25, 0.3) is 0 Å². The number of H-pyrrole nitrogens is 1. The molecule has 9 nitrogen and oxygen atoms in total. The molecule has 0 saturated carbocycles. The summed E-state index contributed by atoms with van der Waals surface area (Å²) in [4.78, 5) is 26.1. The lowest BCUT2D eigenvalue weighted by Gasteiger charge is -2.27. The van der Waals surface area contributed by atoms with Gasteiger partial charge in [-0.15, -0.1) is 0 Å². The molecule has 12 heteroatoms. The summed E-state index contributed by atoms with van der Waals surface area (Å²) >= 11 is 6.28. The van der Waals surface area contributed by atoms with Crippen molar-refractivity contribution in [3.8, 4) is 0 Å². The minimum absolute atomic E-state index is 0.1000. The number of rotatable bonds is 8. The molecule has 0 unspecified atom stereocenters. The highest BCUT2D eigenvalue weighted by Crippen LogP contribution is 2.30. The predicted octanol–water partition coefficient (Wildman–Crippen LogP) is 3.82. The summed E-state index contributed by atoms with van der Waals surface area (Å²) in [7, 11) is -3.56. The van der Waals surface area contributed by atoms with Crippen molar-refractivity contribution in [1.29, 1.82) is 0 Å². The van der Waals surface area contributed by atoms with Crippen molar-refractivity contribution in [1.82, 2.24) is 19.9 Å². The van der Waals surface area contributed by atoms with Gasteiger partial charge in [0.15, 0.2) is 15.7 Å². The summed E-state index contributed by atoms with van der Waals surface area (Å²) in [6, 6.07) is 8.21. The molecule has 0 fully saturated rings. The van der Waals surface area contributed by atoms with E-state index in [9.17, 15) is 17.6 Å². The van der Waals surface area contributed by atoms with Crippen molar-refractivity contribution in [2.45, 2.75) is 37.0 Å². The minimum Gasteiger partial charge on any atom is -0.338 e. The first-order valence-corrected chi connectivity index (χ1v) is 13.0. The summed E-state index contributed by atoms with van der Waals surface area (Å²) in [5.74, 6) is 0.280. The molecule has 2 aromatic heterocycles. The molecule has 3 heterocycles. The van der Waals surface area contributed by atoms with Gasteiger partial charge in [-0.3, -0.25) is 9.69 Å². The number of aromatic nitrogens is 3. The number of benzene rings is 1. The molecule has 1 aliphatic heterocycles. The third-order valence-electron chi connectivity index (χ3n) is 5.75. The number of hydrogen-bond acceptors (Lipinski definition) is 8. The summed E-state index contributed by atoms with van der Waals surface area (Å²) in [6.07, 6.45) is 1.99. The van der Waals surface area contributed by atoms with Crippen LogP contribution in [0.2, 0.25) is 5.02 Å². The SMILES string of the molecule is CC(C)S(=O)(=O)c1ccccc1Nc1nc(Nc2cc3c([nH]c2=O)CCN(CCF)C3)ncc1Cl. The number of sulfone groups is 1. The van der Waals surface area contributed by atoms with Gasteiger partial charge in [0.05, 0.1) is 22.0 Å². The first-order chi connectivity index (χ1) is 16.7. The number of pyridine rings is 1. The van der Waals surface area contributed by atoms with Gasteiger partial charge in [-0.2, -0.15) is 4.98 Å². The number of aromatic amines is 1. The van der Waals surface area contributed by atoms with Crippen LogP contribution in [0.1, 0.15) is 25.1 Å². The molecule has 0 aliphatic carbocycles. The number of alkyl halides is 1. The zero-order chi connectivity index (χ0) is 25.2. The molecule has 0 radical (unpaired) electrons. The molecule has 0 amide bonds. The Labute approximate surface area is 207 Å². The largest absolute Gasteiger partial charge is 0.338 e. The van der Waals surface area contributed by atoms with Crippen LogP contribution in [0.15, 0.2) is 46.2 Å². The number of nitrogens with one attached hydrogen (secondary N) is 3. The first-order valence-electron chi connectivity index (χ1n) is 11.1. The van der Waals surface area contributed by atoms with E-state index in [4.69, 9.17) is 11.6 Å². The van der Waals surface area contributed by atoms with E-state index in [-0.39, 0.29) is 32.9 Å². The normalized spacial score (nSPS) is 14.1. The fraction of sp³-hybridized carbons (Fsp3) is 0.348. The summed E-state index contributed by atoms with van der Waals surface area (Å²) in [6.45, 7) is 4.34. The van der Waals surface area contributed by atoms with Crippen LogP contribution in [-0.2, 0) is 22.8 Å². The Morgan fingerprint density at radius 1 is 1.23 bits per heavy atom. The second-order valence-corrected chi connectivity index (χ2v) is 11.3. The third-order valence-corrected chi connectivity index (χ3v) is 8.23. The van der Waals surface area contributed by atoms with E-state index >= 15 is 0 Å². The second kappa shape index (κ2) is 10.3. The lowest BCUT2D eigenvalue weighted by Crippen LogP contribution is -2.34. The topological polar surface area (TPSA) is 120 Å². The Hall–Kier alpha value is -3.02. The van der Waals surface area contributed by atoms with Crippen molar-refractivity contribution >= 4 is 44.6 Å².